The van der Waals surface area contributed by atoms with Crippen molar-refractivity contribution in [3.63, 3.8) is 0 Å². The molecular formula is C14H10O6. The van der Waals surface area contributed by atoms with Crippen molar-refractivity contribution in [2.24, 2.45) is 0 Å². The van der Waals surface area contributed by atoms with Crippen molar-refractivity contribution >= 4 is 11.9 Å². The van der Waals surface area contributed by atoms with Crippen molar-refractivity contribution in [2.45, 2.75) is 0 Å². The fraction of sp³-hybridized carbons (Fsp3) is 0. The first-order valence-corrected chi connectivity index (χ1v) is 5.55. The Morgan fingerprint density at radius 3 is 2.10 bits per heavy atom. The molecule has 0 atom stereocenters. The molecule has 3 N–H and O–H groups in total. The number of phenols is 1. The molecule has 0 spiro atoms. The molecule has 0 aliphatic rings. The highest BCUT2D eigenvalue weighted by atomic mass is 16.5. The van der Waals surface area contributed by atoms with Gasteiger partial charge in [-0.15, -0.1) is 0 Å². The number of carboxylic acid groups (broad SMARTS) is 2. The summed E-state index contributed by atoms with van der Waals surface area (Å²) in [7, 11) is 0. The Labute approximate surface area is 113 Å². The number of carboxylic acids is 2. The summed E-state index contributed by atoms with van der Waals surface area (Å²) in [4.78, 5) is 21.8. The van der Waals surface area contributed by atoms with Gasteiger partial charge in [-0.25, -0.2) is 9.59 Å². The van der Waals surface area contributed by atoms with E-state index in [9.17, 15) is 14.7 Å². The molecule has 0 amide bonds. The number of aromatic hydroxyl groups is 1. The van der Waals surface area contributed by atoms with E-state index >= 15 is 0 Å². The molecule has 0 aliphatic carbocycles. The fourth-order valence-corrected chi connectivity index (χ4v) is 1.61. The second-order valence-electron chi connectivity index (χ2n) is 3.89. The Balaban J connectivity index is 2.33. The average molecular weight is 274 g/mol. The minimum atomic E-state index is -1.32. The molecule has 0 saturated carbocycles. The van der Waals surface area contributed by atoms with Crippen LogP contribution in [0.3, 0.4) is 0 Å². The largest absolute Gasteiger partial charge is 0.507 e. The van der Waals surface area contributed by atoms with Gasteiger partial charge in [0.15, 0.2) is 0 Å². The lowest BCUT2D eigenvalue weighted by Crippen LogP contribution is -2.01. The Morgan fingerprint density at radius 1 is 0.900 bits per heavy atom. The molecule has 6 nitrogen and oxygen atoms in total. The first-order chi connectivity index (χ1) is 9.49. The van der Waals surface area contributed by atoms with Crippen molar-refractivity contribution in [2.75, 3.05) is 0 Å². The van der Waals surface area contributed by atoms with Gasteiger partial charge in [0.25, 0.3) is 0 Å². The third-order valence-corrected chi connectivity index (χ3v) is 2.55. The Hall–Kier alpha value is -3.02. The first kappa shape index (κ1) is 13.4. The number of hydrogen-bond donors (Lipinski definition) is 3. The number of benzene rings is 2. The lowest BCUT2D eigenvalue weighted by Gasteiger charge is -2.09. The summed E-state index contributed by atoms with van der Waals surface area (Å²) in [6.07, 6.45) is 0. The summed E-state index contributed by atoms with van der Waals surface area (Å²) >= 11 is 0. The Bertz CT molecular complexity index is 660. The van der Waals surface area contributed by atoms with Crippen LogP contribution in [0.15, 0.2) is 42.5 Å². The van der Waals surface area contributed by atoms with Crippen molar-refractivity contribution in [3.05, 3.63) is 53.6 Å². The average Bonchev–Trinajstić information content (AvgIpc) is 2.39. The number of aromatic carboxylic acids is 2. The number of hydrogen-bond acceptors (Lipinski definition) is 4. The standard InChI is InChI=1S/C14H10O6/c15-10-2-1-3-11(12(10)14(18)19)20-9-6-4-8(5-7-9)13(16)17/h1-7,15H,(H,16,17)(H,18,19). The molecule has 2 rings (SSSR count). The van der Waals surface area contributed by atoms with Crippen LogP contribution in [0.1, 0.15) is 20.7 Å². The second kappa shape index (κ2) is 5.31. The maximum atomic E-state index is 11.1. The predicted molar refractivity (Wildman–Crippen MR) is 68.5 cm³/mol. The van der Waals surface area contributed by atoms with Gasteiger partial charge in [0.2, 0.25) is 0 Å². The summed E-state index contributed by atoms with van der Waals surface area (Å²) in [5.74, 6) is -2.55. The Kier molecular flexibility index (Phi) is 3.56. The highest BCUT2D eigenvalue weighted by Crippen LogP contribution is 2.31. The lowest BCUT2D eigenvalue weighted by molar-refractivity contribution is 0.0682. The molecule has 0 fully saturated rings. The van der Waals surface area contributed by atoms with E-state index in [2.05, 4.69) is 0 Å². The fourth-order valence-electron chi connectivity index (χ4n) is 1.61. The minimum absolute atomic E-state index is 0.0272. The van der Waals surface area contributed by atoms with Gasteiger partial charge in [-0.05, 0) is 36.4 Å². The molecular weight excluding hydrogens is 264 g/mol. The van der Waals surface area contributed by atoms with Crippen LogP contribution in [0.5, 0.6) is 17.2 Å². The van der Waals surface area contributed by atoms with Gasteiger partial charge in [-0.2, -0.15) is 0 Å². The summed E-state index contributed by atoms with van der Waals surface area (Å²) in [5, 5.41) is 27.3. The predicted octanol–water partition coefficient (Wildman–Crippen LogP) is 2.58. The van der Waals surface area contributed by atoms with Crippen LogP contribution in [-0.4, -0.2) is 27.3 Å². The zero-order valence-electron chi connectivity index (χ0n) is 10.1. The maximum Gasteiger partial charge on any atom is 0.343 e. The van der Waals surface area contributed by atoms with Gasteiger partial charge in [-0.3, -0.25) is 0 Å². The third kappa shape index (κ3) is 2.69. The van der Waals surface area contributed by atoms with E-state index in [-0.39, 0.29) is 22.6 Å². The number of carbonyl (C=O) groups is 2. The smallest absolute Gasteiger partial charge is 0.343 e. The van der Waals surface area contributed by atoms with Crippen LogP contribution in [0.25, 0.3) is 0 Å². The van der Waals surface area contributed by atoms with Gasteiger partial charge >= 0.3 is 11.9 Å². The van der Waals surface area contributed by atoms with Crippen LogP contribution >= 0.6 is 0 Å². The monoisotopic (exact) mass is 274 g/mol. The van der Waals surface area contributed by atoms with E-state index in [1.54, 1.807) is 0 Å². The van der Waals surface area contributed by atoms with Crippen molar-refractivity contribution in [3.8, 4) is 17.2 Å². The summed E-state index contributed by atoms with van der Waals surface area (Å²) < 4.78 is 5.35. The van der Waals surface area contributed by atoms with Crippen LogP contribution in [0.2, 0.25) is 0 Å². The molecule has 0 bridgehead atoms. The van der Waals surface area contributed by atoms with Crippen LogP contribution in [0.4, 0.5) is 0 Å². The molecule has 0 unspecified atom stereocenters. The zero-order valence-corrected chi connectivity index (χ0v) is 10.1. The van der Waals surface area contributed by atoms with Crippen LogP contribution in [0, 0.1) is 0 Å². The van der Waals surface area contributed by atoms with Crippen molar-refractivity contribution in [1.82, 2.24) is 0 Å². The third-order valence-electron chi connectivity index (χ3n) is 2.55. The van der Waals surface area contributed by atoms with Crippen molar-refractivity contribution in [1.29, 1.82) is 0 Å². The van der Waals surface area contributed by atoms with Crippen LogP contribution in [-0.2, 0) is 0 Å². The molecule has 102 valence electrons. The van der Waals surface area contributed by atoms with E-state index in [0.717, 1.165) is 0 Å². The van der Waals surface area contributed by atoms with Gasteiger partial charge in [0.05, 0.1) is 5.56 Å². The summed E-state index contributed by atoms with van der Waals surface area (Å²) in [5.41, 5.74) is -0.262. The van der Waals surface area contributed by atoms with E-state index in [1.165, 1.54) is 42.5 Å². The van der Waals surface area contributed by atoms with E-state index in [0.29, 0.717) is 0 Å². The first-order valence-electron chi connectivity index (χ1n) is 5.55. The summed E-state index contributed by atoms with van der Waals surface area (Å²) in [6.45, 7) is 0. The normalized spacial score (nSPS) is 10.0. The molecule has 2 aromatic rings. The molecule has 0 aromatic heterocycles. The van der Waals surface area contributed by atoms with Gasteiger partial charge in [-0.1, -0.05) is 6.07 Å². The molecule has 0 radical (unpaired) electrons. The van der Waals surface area contributed by atoms with E-state index in [1.807, 2.05) is 0 Å². The highest BCUT2D eigenvalue weighted by molar-refractivity contribution is 5.94. The molecule has 0 heterocycles. The van der Waals surface area contributed by atoms with Gasteiger partial charge < -0.3 is 20.1 Å². The quantitative estimate of drug-likeness (QED) is 0.791. The topological polar surface area (TPSA) is 104 Å². The maximum absolute atomic E-state index is 11.1. The second-order valence-corrected chi connectivity index (χ2v) is 3.89. The highest BCUT2D eigenvalue weighted by Gasteiger charge is 2.17. The van der Waals surface area contributed by atoms with Crippen molar-refractivity contribution < 1.29 is 29.6 Å². The number of ether oxygens (including phenoxy) is 1. The van der Waals surface area contributed by atoms with Crippen LogP contribution < -0.4 is 4.74 Å². The molecule has 6 heteroatoms. The molecule has 2 aromatic carbocycles. The molecule has 0 saturated heterocycles. The van der Waals surface area contributed by atoms with Gasteiger partial charge in [0, 0.05) is 0 Å². The lowest BCUT2D eigenvalue weighted by atomic mass is 10.1. The molecule has 0 aliphatic heterocycles. The van der Waals surface area contributed by atoms with Gasteiger partial charge in [0.1, 0.15) is 22.8 Å². The zero-order chi connectivity index (χ0) is 14.7. The number of rotatable bonds is 4. The van der Waals surface area contributed by atoms with E-state index < -0.39 is 17.7 Å². The van der Waals surface area contributed by atoms with E-state index in [4.69, 9.17) is 14.9 Å². The summed E-state index contributed by atoms with van der Waals surface area (Å²) in [6, 6.07) is 9.56. The molecule has 20 heavy (non-hydrogen) atoms. The Morgan fingerprint density at radius 2 is 1.55 bits per heavy atom. The SMILES string of the molecule is O=C(O)c1ccc(Oc2cccc(O)c2C(=O)O)cc1. The minimum Gasteiger partial charge on any atom is -0.507 e.